The van der Waals surface area contributed by atoms with E-state index >= 15 is 0 Å². The summed E-state index contributed by atoms with van der Waals surface area (Å²) >= 11 is 0. The molecule has 24 heavy (non-hydrogen) atoms. The Morgan fingerprint density at radius 1 is 1.29 bits per heavy atom. The van der Waals surface area contributed by atoms with Crippen molar-refractivity contribution in [3.8, 4) is 11.5 Å². The molecule has 0 saturated heterocycles. The molecule has 1 unspecified atom stereocenters. The van der Waals surface area contributed by atoms with Crippen molar-refractivity contribution >= 4 is 12.9 Å². The molecule has 0 fully saturated rings. The summed E-state index contributed by atoms with van der Waals surface area (Å²) in [6, 6.07) is 6.90. The van der Waals surface area contributed by atoms with E-state index in [2.05, 4.69) is 11.6 Å². The van der Waals surface area contributed by atoms with Gasteiger partial charge in [0.05, 0.1) is 18.6 Å². The van der Waals surface area contributed by atoms with Crippen LogP contribution in [0.3, 0.4) is 0 Å². The number of aryl methyl sites for hydroxylation is 1. The zero-order chi connectivity index (χ0) is 17.7. The summed E-state index contributed by atoms with van der Waals surface area (Å²) < 4.78 is 23.4. The summed E-state index contributed by atoms with van der Waals surface area (Å²) in [7, 11) is -2.51. The van der Waals surface area contributed by atoms with E-state index in [0.29, 0.717) is 12.0 Å². The number of methoxy groups -OCH3 is 1. The van der Waals surface area contributed by atoms with Crippen LogP contribution in [0, 0.1) is 0 Å². The summed E-state index contributed by atoms with van der Waals surface area (Å²) in [5, 5.41) is 0.0455. The fourth-order valence-corrected chi connectivity index (χ4v) is 3.60. The van der Waals surface area contributed by atoms with E-state index in [1.54, 1.807) is 31.5 Å². The average molecular weight is 347 g/mol. The molecular weight excluding hydrogens is 325 g/mol. The summed E-state index contributed by atoms with van der Waals surface area (Å²) in [5.74, 6) is 0.958. The molecule has 5 nitrogen and oxygen atoms in total. The van der Waals surface area contributed by atoms with Gasteiger partial charge in [-0.15, -0.1) is 0 Å². The van der Waals surface area contributed by atoms with Crippen molar-refractivity contribution in [2.24, 2.45) is 0 Å². The van der Waals surface area contributed by atoms with Crippen LogP contribution in [0.1, 0.15) is 30.5 Å². The second-order valence-corrected chi connectivity index (χ2v) is 7.00. The van der Waals surface area contributed by atoms with Gasteiger partial charge in [-0.25, -0.2) is 4.57 Å². The van der Waals surface area contributed by atoms with Crippen molar-refractivity contribution in [2.45, 2.75) is 26.7 Å². The molecule has 128 valence electrons. The van der Waals surface area contributed by atoms with Gasteiger partial charge in [-0.3, -0.25) is 4.98 Å². The molecule has 0 aliphatic heterocycles. The lowest BCUT2D eigenvalue weighted by Crippen LogP contribution is -2.03. The molecule has 1 N–H and O–H groups in total. The predicted octanol–water partition coefficient (Wildman–Crippen LogP) is 4.45. The number of hydrogen-bond donors (Lipinski definition) is 1. The van der Waals surface area contributed by atoms with Crippen molar-refractivity contribution in [2.75, 3.05) is 7.11 Å². The van der Waals surface area contributed by atoms with Crippen molar-refractivity contribution in [1.29, 1.82) is 0 Å². The first-order valence-corrected chi connectivity index (χ1v) is 9.33. The maximum Gasteiger partial charge on any atom is 0.408 e. The molecular formula is C18H22NO4P. The highest BCUT2D eigenvalue weighted by atomic mass is 31.2. The molecule has 0 aliphatic rings. The van der Waals surface area contributed by atoms with Crippen molar-refractivity contribution in [3.63, 3.8) is 0 Å². The monoisotopic (exact) mass is 347 g/mol. The van der Waals surface area contributed by atoms with Crippen LogP contribution in [0.5, 0.6) is 11.5 Å². The van der Waals surface area contributed by atoms with Crippen LogP contribution >= 0.6 is 7.60 Å². The second kappa shape index (κ2) is 7.65. The van der Waals surface area contributed by atoms with Gasteiger partial charge in [0.2, 0.25) is 0 Å². The van der Waals surface area contributed by atoms with Gasteiger partial charge in [0.1, 0.15) is 11.5 Å². The average Bonchev–Trinajstić information content (AvgIpc) is 2.59. The lowest BCUT2D eigenvalue weighted by atomic mass is 9.98. The Morgan fingerprint density at radius 2 is 2.04 bits per heavy atom. The number of hydrogen-bond acceptors (Lipinski definition) is 4. The van der Waals surface area contributed by atoms with E-state index < -0.39 is 7.60 Å². The standard InChI is InChI=1S/C18H22NO4P/c1-5-14-9-10-17(16(6-2)18(14)22-4)13(3)24(20,21)23-15-8-7-11-19-12-15/h7-12H,3,5-6H2,1-2,4H3,(H,20,21). The topological polar surface area (TPSA) is 68.7 Å². The number of ether oxygens (including phenoxy) is 1. The van der Waals surface area contributed by atoms with Gasteiger partial charge >= 0.3 is 7.60 Å². The molecule has 0 amide bonds. The number of rotatable bonds is 7. The van der Waals surface area contributed by atoms with Gasteiger partial charge in [-0.1, -0.05) is 32.6 Å². The quantitative estimate of drug-likeness (QED) is 0.750. The lowest BCUT2D eigenvalue weighted by Gasteiger charge is -2.20. The van der Waals surface area contributed by atoms with Crippen molar-refractivity contribution in [3.05, 3.63) is 59.9 Å². The van der Waals surface area contributed by atoms with E-state index in [4.69, 9.17) is 9.26 Å². The highest BCUT2D eigenvalue weighted by molar-refractivity contribution is 7.64. The number of benzene rings is 1. The Kier molecular flexibility index (Phi) is 5.81. The third-order valence-corrected chi connectivity index (χ3v) is 5.18. The van der Waals surface area contributed by atoms with Gasteiger partial charge in [0, 0.05) is 11.8 Å². The normalized spacial score (nSPS) is 13.2. The number of nitrogens with zero attached hydrogens (tertiary/aromatic N) is 1. The van der Waals surface area contributed by atoms with Crippen LogP contribution in [-0.4, -0.2) is 17.0 Å². The molecule has 1 atom stereocenters. The number of pyridine rings is 1. The molecule has 1 heterocycles. The SMILES string of the molecule is C=C(c1ccc(CC)c(OC)c1CC)P(=O)(O)Oc1cccnc1. The highest BCUT2D eigenvalue weighted by Crippen LogP contribution is 2.56. The molecule has 1 aromatic carbocycles. The molecule has 0 bridgehead atoms. The van der Waals surface area contributed by atoms with Gasteiger partial charge < -0.3 is 14.2 Å². The fraction of sp³-hybridized carbons (Fsp3) is 0.278. The minimum Gasteiger partial charge on any atom is -0.496 e. The zero-order valence-corrected chi connectivity index (χ0v) is 15.0. The fourth-order valence-electron chi connectivity index (χ4n) is 2.58. The van der Waals surface area contributed by atoms with E-state index in [1.807, 2.05) is 19.9 Å². The van der Waals surface area contributed by atoms with Gasteiger partial charge in [-0.2, -0.15) is 0 Å². The van der Waals surface area contributed by atoms with E-state index in [0.717, 1.165) is 23.3 Å². The third-order valence-electron chi connectivity index (χ3n) is 3.80. The molecule has 1 aromatic heterocycles. The Morgan fingerprint density at radius 3 is 2.58 bits per heavy atom. The lowest BCUT2D eigenvalue weighted by molar-refractivity contribution is 0.393. The maximum absolute atomic E-state index is 12.7. The first-order chi connectivity index (χ1) is 11.4. The molecule has 0 saturated carbocycles. The van der Waals surface area contributed by atoms with Crippen LogP contribution < -0.4 is 9.26 Å². The molecule has 0 spiro atoms. The Hall–Kier alpha value is -2.10. The zero-order valence-electron chi connectivity index (χ0n) is 14.2. The van der Waals surface area contributed by atoms with Crippen LogP contribution in [0.15, 0.2) is 43.2 Å². The highest BCUT2D eigenvalue weighted by Gasteiger charge is 2.30. The van der Waals surface area contributed by atoms with E-state index in [9.17, 15) is 9.46 Å². The molecule has 6 heteroatoms. The van der Waals surface area contributed by atoms with E-state index in [1.165, 1.54) is 6.20 Å². The van der Waals surface area contributed by atoms with Gasteiger partial charge in [-0.05, 0) is 36.1 Å². The summed E-state index contributed by atoms with van der Waals surface area (Å²) in [4.78, 5) is 14.2. The van der Waals surface area contributed by atoms with Gasteiger partial charge in [0.15, 0.2) is 0 Å². The second-order valence-electron chi connectivity index (χ2n) is 5.24. The molecule has 2 aromatic rings. The minimum atomic E-state index is -4.11. The smallest absolute Gasteiger partial charge is 0.408 e. The van der Waals surface area contributed by atoms with Crippen LogP contribution in [-0.2, 0) is 17.4 Å². The Labute approximate surface area is 142 Å². The first-order valence-electron chi connectivity index (χ1n) is 7.75. The van der Waals surface area contributed by atoms with Crippen LogP contribution in [0.4, 0.5) is 0 Å². The number of aromatic nitrogens is 1. The Bertz CT molecular complexity index is 774. The molecule has 0 radical (unpaired) electrons. The minimum absolute atomic E-state index is 0.0455. The summed E-state index contributed by atoms with van der Waals surface area (Å²) in [6.45, 7) is 7.82. The third kappa shape index (κ3) is 3.69. The molecule has 0 aliphatic carbocycles. The summed E-state index contributed by atoms with van der Waals surface area (Å²) in [5.41, 5.74) is 2.49. The van der Waals surface area contributed by atoms with E-state index in [-0.39, 0.29) is 11.1 Å². The van der Waals surface area contributed by atoms with Crippen LogP contribution in [0.25, 0.3) is 5.31 Å². The first kappa shape index (κ1) is 18.2. The predicted molar refractivity (Wildman–Crippen MR) is 95.5 cm³/mol. The van der Waals surface area contributed by atoms with Crippen molar-refractivity contribution < 1.29 is 18.7 Å². The largest absolute Gasteiger partial charge is 0.496 e. The maximum atomic E-state index is 12.7. The van der Waals surface area contributed by atoms with Crippen LogP contribution in [0.2, 0.25) is 0 Å². The summed E-state index contributed by atoms with van der Waals surface area (Å²) in [6.07, 6.45) is 4.41. The van der Waals surface area contributed by atoms with Gasteiger partial charge in [0.25, 0.3) is 0 Å². The van der Waals surface area contributed by atoms with Crippen molar-refractivity contribution in [1.82, 2.24) is 4.98 Å². The molecule has 2 rings (SSSR count). The Balaban J connectivity index is 2.43.